The molecule has 1 aromatic heterocycles. The van der Waals surface area contributed by atoms with Crippen molar-refractivity contribution in [3.8, 4) is 11.3 Å². The Morgan fingerprint density at radius 1 is 1.08 bits per heavy atom. The molecule has 3 aromatic rings. The standard InChI is InChI=1S/C29H32Cl2N4O2/c30-24-4-1-3-22(29(24)31)16-28(36)35(17-20-6-7-20)18-23-15-21(25-19-34-10-2-5-27(34)32-25)8-9-26(23)33-11-13-37-14-12-33/h1,3-4,8-9,15,19-20H,2,5-7,10-14,16-18H2. The highest BCUT2D eigenvalue weighted by Crippen LogP contribution is 2.34. The molecule has 2 aliphatic heterocycles. The van der Waals surface area contributed by atoms with Gasteiger partial charge in [-0.3, -0.25) is 4.79 Å². The predicted octanol–water partition coefficient (Wildman–Crippen LogP) is 5.62. The molecular formula is C29H32Cl2N4O2. The number of ether oxygens (including phenoxy) is 1. The van der Waals surface area contributed by atoms with E-state index in [1.165, 1.54) is 24.9 Å². The van der Waals surface area contributed by atoms with Crippen molar-refractivity contribution in [2.24, 2.45) is 5.92 Å². The van der Waals surface area contributed by atoms with Crippen LogP contribution in [0.25, 0.3) is 11.3 Å². The summed E-state index contributed by atoms with van der Waals surface area (Å²) in [5.41, 5.74) is 5.21. The molecular weight excluding hydrogens is 507 g/mol. The predicted molar refractivity (Wildman–Crippen MR) is 147 cm³/mol. The van der Waals surface area contributed by atoms with Crippen molar-refractivity contribution >= 4 is 34.8 Å². The van der Waals surface area contributed by atoms with Gasteiger partial charge in [0.2, 0.25) is 5.91 Å². The van der Waals surface area contributed by atoms with Gasteiger partial charge in [0.1, 0.15) is 5.82 Å². The average molecular weight is 540 g/mol. The van der Waals surface area contributed by atoms with Crippen LogP contribution in [0.4, 0.5) is 5.69 Å². The Labute approximate surface area is 228 Å². The van der Waals surface area contributed by atoms with Crippen LogP contribution in [0.5, 0.6) is 0 Å². The van der Waals surface area contributed by atoms with Crippen molar-refractivity contribution in [2.75, 3.05) is 37.7 Å². The molecule has 1 aliphatic carbocycles. The van der Waals surface area contributed by atoms with Gasteiger partial charge in [0.25, 0.3) is 0 Å². The van der Waals surface area contributed by atoms with E-state index >= 15 is 0 Å². The molecule has 0 atom stereocenters. The largest absolute Gasteiger partial charge is 0.378 e. The van der Waals surface area contributed by atoms with E-state index in [0.717, 1.165) is 60.8 Å². The number of carbonyl (C=O) groups excluding carboxylic acids is 1. The van der Waals surface area contributed by atoms with Crippen molar-refractivity contribution < 1.29 is 9.53 Å². The van der Waals surface area contributed by atoms with Crippen LogP contribution in [0.1, 0.15) is 36.2 Å². The van der Waals surface area contributed by atoms with Crippen LogP contribution in [-0.4, -0.2) is 53.2 Å². The summed E-state index contributed by atoms with van der Waals surface area (Å²) in [6.07, 6.45) is 6.97. The van der Waals surface area contributed by atoms with Gasteiger partial charge >= 0.3 is 0 Å². The van der Waals surface area contributed by atoms with Gasteiger partial charge in [-0.1, -0.05) is 41.4 Å². The fourth-order valence-corrected chi connectivity index (χ4v) is 5.80. The minimum Gasteiger partial charge on any atom is -0.378 e. The molecule has 0 unspecified atom stereocenters. The summed E-state index contributed by atoms with van der Waals surface area (Å²) < 4.78 is 7.88. The number of hydrogen-bond acceptors (Lipinski definition) is 4. The third-order valence-corrected chi connectivity index (χ3v) is 8.51. The second-order valence-corrected chi connectivity index (χ2v) is 11.2. The highest BCUT2D eigenvalue weighted by atomic mass is 35.5. The smallest absolute Gasteiger partial charge is 0.227 e. The molecule has 0 spiro atoms. The SMILES string of the molecule is O=C(Cc1cccc(Cl)c1Cl)N(Cc1cc(-c2cn3c(n2)CCC3)ccc1N1CCOCC1)CC1CC1. The molecule has 194 valence electrons. The normalized spacial score (nSPS) is 17.2. The van der Waals surface area contributed by atoms with Gasteiger partial charge in [-0.15, -0.1) is 0 Å². The molecule has 8 heteroatoms. The summed E-state index contributed by atoms with van der Waals surface area (Å²) in [6.45, 7) is 5.49. The number of halogens is 2. The molecule has 0 radical (unpaired) electrons. The molecule has 6 rings (SSSR count). The Kier molecular flexibility index (Phi) is 7.15. The molecule has 1 saturated heterocycles. The van der Waals surface area contributed by atoms with Crippen LogP contribution in [0, 0.1) is 5.92 Å². The lowest BCUT2D eigenvalue weighted by atomic mass is 10.0. The van der Waals surface area contributed by atoms with Crippen LogP contribution < -0.4 is 4.90 Å². The third kappa shape index (κ3) is 5.52. The summed E-state index contributed by atoms with van der Waals surface area (Å²) in [5, 5.41) is 0.947. The fraction of sp³-hybridized carbons (Fsp3) is 0.448. The molecule has 2 fully saturated rings. The second kappa shape index (κ2) is 10.7. The maximum Gasteiger partial charge on any atom is 0.227 e. The molecule has 1 amide bonds. The number of aryl methyl sites for hydroxylation is 2. The topological polar surface area (TPSA) is 50.6 Å². The van der Waals surface area contributed by atoms with Crippen LogP contribution in [0.3, 0.4) is 0 Å². The number of aromatic nitrogens is 2. The van der Waals surface area contributed by atoms with E-state index in [4.69, 9.17) is 32.9 Å². The van der Waals surface area contributed by atoms with Crippen molar-refractivity contribution in [3.63, 3.8) is 0 Å². The highest BCUT2D eigenvalue weighted by molar-refractivity contribution is 6.42. The molecule has 0 bridgehead atoms. The lowest BCUT2D eigenvalue weighted by molar-refractivity contribution is -0.131. The molecule has 6 nitrogen and oxygen atoms in total. The monoisotopic (exact) mass is 538 g/mol. The number of nitrogens with zero attached hydrogens (tertiary/aromatic N) is 4. The number of morpholine rings is 1. The second-order valence-electron chi connectivity index (χ2n) is 10.4. The maximum absolute atomic E-state index is 13.7. The average Bonchev–Trinajstić information content (AvgIpc) is 3.46. The number of hydrogen-bond donors (Lipinski definition) is 0. The van der Waals surface area contributed by atoms with E-state index in [2.05, 4.69) is 33.9 Å². The van der Waals surface area contributed by atoms with E-state index in [1.54, 1.807) is 6.07 Å². The first-order valence-corrected chi connectivity index (χ1v) is 14.0. The lowest BCUT2D eigenvalue weighted by Gasteiger charge is -2.32. The highest BCUT2D eigenvalue weighted by Gasteiger charge is 2.29. The van der Waals surface area contributed by atoms with Gasteiger partial charge in [0.05, 0.1) is 35.4 Å². The first-order chi connectivity index (χ1) is 18.0. The van der Waals surface area contributed by atoms with E-state index < -0.39 is 0 Å². The molecule has 2 aromatic carbocycles. The molecule has 37 heavy (non-hydrogen) atoms. The quantitative estimate of drug-likeness (QED) is 0.373. The van der Waals surface area contributed by atoms with Crippen LogP contribution in [0.2, 0.25) is 10.0 Å². The van der Waals surface area contributed by atoms with E-state index in [-0.39, 0.29) is 12.3 Å². The number of anilines is 1. The Morgan fingerprint density at radius 3 is 2.70 bits per heavy atom. The third-order valence-electron chi connectivity index (χ3n) is 7.65. The zero-order valence-corrected chi connectivity index (χ0v) is 22.5. The molecule has 3 heterocycles. The summed E-state index contributed by atoms with van der Waals surface area (Å²) in [6, 6.07) is 12.1. The van der Waals surface area contributed by atoms with Crippen molar-refractivity contribution in [1.29, 1.82) is 0 Å². The molecule has 1 saturated carbocycles. The number of rotatable bonds is 8. The Morgan fingerprint density at radius 2 is 1.92 bits per heavy atom. The van der Waals surface area contributed by atoms with Crippen molar-refractivity contribution in [2.45, 2.75) is 45.2 Å². The maximum atomic E-state index is 13.7. The number of carbonyl (C=O) groups is 1. The molecule has 0 N–H and O–H groups in total. The number of benzene rings is 2. The van der Waals surface area contributed by atoms with E-state index in [9.17, 15) is 4.79 Å². The van der Waals surface area contributed by atoms with Gasteiger partial charge < -0.3 is 19.1 Å². The summed E-state index contributed by atoms with van der Waals surface area (Å²) in [4.78, 5) is 23.0. The van der Waals surface area contributed by atoms with Crippen LogP contribution in [0.15, 0.2) is 42.6 Å². The van der Waals surface area contributed by atoms with Gasteiger partial charge in [0.15, 0.2) is 0 Å². The van der Waals surface area contributed by atoms with E-state index in [1.807, 2.05) is 17.0 Å². The fourth-order valence-electron chi connectivity index (χ4n) is 5.41. The van der Waals surface area contributed by atoms with Crippen molar-refractivity contribution in [3.05, 3.63) is 69.6 Å². The Balaban J connectivity index is 1.31. The minimum absolute atomic E-state index is 0.0790. The summed E-state index contributed by atoms with van der Waals surface area (Å²) >= 11 is 12.7. The van der Waals surface area contributed by atoms with Gasteiger partial charge in [0, 0.05) is 56.6 Å². The summed E-state index contributed by atoms with van der Waals surface area (Å²) in [5.74, 6) is 1.82. The van der Waals surface area contributed by atoms with E-state index in [0.29, 0.717) is 35.7 Å². The zero-order valence-electron chi connectivity index (χ0n) is 21.0. The number of imidazole rings is 1. The minimum atomic E-state index is 0.0790. The first kappa shape index (κ1) is 24.8. The van der Waals surface area contributed by atoms with Crippen LogP contribution in [-0.2, 0) is 35.5 Å². The number of amides is 1. The first-order valence-electron chi connectivity index (χ1n) is 13.3. The van der Waals surface area contributed by atoms with Gasteiger partial charge in [-0.05, 0) is 54.5 Å². The Hall–Kier alpha value is -2.54. The van der Waals surface area contributed by atoms with Gasteiger partial charge in [-0.25, -0.2) is 4.98 Å². The Bertz CT molecular complexity index is 1280. The molecule has 3 aliphatic rings. The number of fused-ring (bicyclic) bond motifs is 1. The zero-order chi connectivity index (χ0) is 25.4. The van der Waals surface area contributed by atoms with Gasteiger partial charge in [-0.2, -0.15) is 0 Å². The van der Waals surface area contributed by atoms with Crippen LogP contribution >= 0.6 is 23.2 Å². The van der Waals surface area contributed by atoms with Crippen molar-refractivity contribution in [1.82, 2.24) is 14.5 Å². The lowest BCUT2D eigenvalue weighted by Crippen LogP contribution is -2.38. The summed E-state index contributed by atoms with van der Waals surface area (Å²) in [7, 11) is 0.